The highest BCUT2D eigenvalue weighted by Crippen LogP contribution is 2.49. The molecule has 2 aromatic rings. The van der Waals surface area contributed by atoms with Gasteiger partial charge in [-0.1, -0.05) is 18.2 Å². The van der Waals surface area contributed by atoms with Gasteiger partial charge in [0, 0.05) is 30.8 Å². The molecule has 1 unspecified atom stereocenters. The molecule has 0 saturated carbocycles. The molecule has 7 heteroatoms. The molecule has 3 aliphatic rings. The predicted molar refractivity (Wildman–Crippen MR) is 108 cm³/mol. The molecule has 0 aromatic heterocycles. The molecule has 7 nitrogen and oxygen atoms in total. The van der Waals surface area contributed by atoms with Gasteiger partial charge >= 0.3 is 0 Å². The van der Waals surface area contributed by atoms with Crippen LogP contribution in [-0.4, -0.2) is 55.6 Å². The van der Waals surface area contributed by atoms with Crippen LogP contribution in [0.4, 0.5) is 11.4 Å². The number of fused-ring (bicyclic) bond motifs is 2. The number of benzene rings is 2. The number of likely N-dealkylation sites (N-methyl/N-ethyl adjacent to an activating group) is 1. The van der Waals surface area contributed by atoms with E-state index >= 15 is 0 Å². The van der Waals surface area contributed by atoms with Crippen LogP contribution in [0.25, 0.3) is 0 Å². The predicted octanol–water partition coefficient (Wildman–Crippen LogP) is 1.98. The summed E-state index contributed by atoms with van der Waals surface area (Å²) in [5, 5.41) is 22.5. The molecule has 3 aliphatic heterocycles. The normalized spacial score (nSPS) is 25.7. The van der Waals surface area contributed by atoms with Crippen molar-refractivity contribution in [3.05, 3.63) is 47.5 Å². The zero-order valence-corrected chi connectivity index (χ0v) is 16.3. The van der Waals surface area contributed by atoms with Crippen molar-refractivity contribution in [3.63, 3.8) is 0 Å². The molecule has 3 heterocycles. The SMILES string of the molecule is CN1CCOc2cc(O)c(C3(O)C(=O)N(C[C@H]4CCCO4)c4ccccc43)cc21. The molecule has 0 radical (unpaired) electrons. The van der Waals surface area contributed by atoms with Crippen molar-refractivity contribution in [1.82, 2.24) is 0 Å². The highest BCUT2D eigenvalue weighted by Gasteiger charge is 2.53. The van der Waals surface area contributed by atoms with Gasteiger partial charge < -0.3 is 29.5 Å². The van der Waals surface area contributed by atoms with E-state index in [1.54, 1.807) is 23.1 Å². The van der Waals surface area contributed by atoms with Gasteiger partial charge in [-0.3, -0.25) is 4.79 Å². The molecule has 152 valence electrons. The number of hydrogen-bond acceptors (Lipinski definition) is 6. The lowest BCUT2D eigenvalue weighted by molar-refractivity contribution is -0.132. The lowest BCUT2D eigenvalue weighted by Crippen LogP contribution is -2.44. The van der Waals surface area contributed by atoms with E-state index in [2.05, 4.69) is 0 Å². The van der Waals surface area contributed by atoms with Gasteiger partial charge in [0.25, 0.3) is 5.91 Å². The maximum Gasteiger partial charge on any atom is 0.268 e. The van der Waals surface area contributed by atoms with Crippen molar-refractivity contribution >= 4 is 17.3 Å². The Labute approximate surface area is 169 Å². The number of aromatic hydroxyl groups is 1. The number of amides is 1. The standard InChI is InChI=1S/C22H24N2O5/c1-23-8-10-29-20-12-19(25)16(11-18(20)23)22(27)15-6-2-3-7-17(15)24(21(22)26)13-14-5-4-9-28-14/h2-3,6-7,11-12,14,25,27H,4-5,8-10,13H2,1H3/t14-,22?/m1/s1. The van der Waals surface area contributed by atoms with E-state index in [4.69, 9.17) is 9.47 Å². The van der Waals surface area contributed by atoms with E-state index in [9.17, 15) is 15.0 Å². The van der Waals surface area contributed by atoms with E-state index in [1.807, 2.05) is 24.1 Å². The molecule has 29 heavy (non-hydrogen) atoms. The third-order valence-electron chi connectivity index (χ3n) is 6.11. The summed E-state index contributed by atoms with van der Waals surface area (Å²) in [6.45, 7) is 2.28. The first-order valence-corrected chi connectivity index (χ1v) is 9.97. The van der Waals surface area contributed by atoms with Crippen LogP contribution >= 0.6 is 0 Å². The van der Waals surface area contributed by atoms with Crippen LogP contribution in [0.5, 0.6) is 11.5 Å². The van der Waals surface area contributed by atoms with Crippen LogP contribution in [0.1, 0.15) is 24.0 Å². The minimum atomic E-state index is -1.97. The fourth-order valence-corrected chi connectivity index (χ4v) is 4.54. The fourth-order valence-electron chi connectivity index (χ4n) is 4.54. The number of ether oxygens (including phenoxy) is 2. The van der Waals surface area contributed by atoms with Crippen molar-refractivity contribution < 1.29 is 24.5 Å². The lowest BCUT2D eigenvalue weighted by atomic mass is 9.86. The molecule has 2 aromatic carbocycles. The first-order valence-electron chi connectivity index (χ1n) is 9.97. The lowest BCUT2D eigenvalue weighted by Gasteiger charge is -2.31. The summed E-state index contributed by atoms with van der Waals surface area (Å²) < 4.78 is 11.4. The van der Waals surface area contributed by atoms with Crippen LogP contribution in [0.2, 0.25) is 0 Å². The Morgan fingerprint density at radius 1 is 1.17 bits per heavy atom. The third kappa shape index (κ3) is 2.68. The van der Waals surface area contributed by atoms with Gasteiger partial charge in [0.05, 0.1) is 30.6 Å². The fraction of sp³-hybridized carbons (Fsp3) is 0.409. The Bertz CT molecular complexity index is 972. The summed E-state index contributed by atoms with van der Waals surface area (Å²) in [7, 11) is 1.92. The summed E-state index contributed by atoms with van der Waals surface area (Å²) in [5.41, 5.74) is 0.0585. The van der Waals surface area contributed by atoms with Gasteiger partial charge in [-0.2, -0.15) is 0 Å². The van der Waals surface area contributed by atoms with E-state index in [1.165, 1.54) is 6.07 Å². The van der Waals surface area contributed by atoms with Crippen molar-refractivity contribution in [1.29, 1.82) is 0 Å². The van der Waals surface area contributed by atoms with Gasteiger partial charge in [0.1, 0.15) is 18.1 Å². The molecule has 5 rings (SSSR count). The number of aliphatic hydroxyl groups is 1. The third-order valence-corrected chi connectivity index (χ3v) is 6.11. The molecule has 0 bridgehead atoms. The number of rotatable bonds is 3. The Kier molecular flexibility index (Phi) is 4.18. The van der Waals surface area contributed by atoms with Crippen LogP contribution in [0, 0.1) is 0 Å². The maximum absolute atomic E-state index is 13.5. The summed E-state index contributed by atoms with van der Waals surface area (Å²) in [6.07, 6.45) is 1.80. The quantitative estimate of drug-likeness (QED) is 0.826. The largest absolute Gasteiger partial charge is 0.507 e. The average Bonchev–Trinajstić information content (AvgIpc) is 3.30. The number of phenols is 1. The number of carbonyl (C=O) groups is 1. The highest BCUT2D eigenvalue weighted by atomic mass is 16.5. The van der Waals surface area contributed by atoms with E-state index in [-0.39, 0.29) is 17.4 Å². The van der Waals surface area contributed by atoms with Crippen LogP contribution in [0.15, 0.2) is 36.4 Å². The topological polar surface area (TPSA) is 82.5 Å². The van der Waals surface area contributed by atoms with Gasteiger partial charge in [-0.05, 0) is 25.0 Å². The molecule has 2 N–H and O–H groups in total. The summed E-state index contributed by atoms with van der Waals surface area (Å²) in [4.78, 5) is 17.1. The van der Waals surface area contributed by atoms with Crippen LogP contribution in [0.3, 0.4) is 0 Å². The monoisotopic (exact) mass is 396 g/mol. The number of phenolic OH excluding ortho intramolecular Hbond substituents is 1. The van der Waals surface area contributed by atoms with Crippen molar-refractivity contribution in [3.8, 4) is 11.5 Å². The van der Waals surface area contributed by atoms with E-state index in [0.717, 1.165) is 18.5 Å². The van der Waals surface area contributed by atoms with E-state index < -0.39 is 11.5 Å². The number of para-hydroxylation sites is 1. The summed E-state index contributed by atoms with van der Waals surface area (Å²) in [5.74, 6) is -0.0916. The summed E-state index contributed by atoms with van der Waals surface area (Å²) in [6, 6.07) is 10.3. The number of carbonyl (C=O) groups excluding carboxylic acids is 1. The Morgan fingerprint density at radius 2 is 2.00 bits per heavy atom. The minimum Gasteiger partial charge on any atom is -0.507 e. The van der Waals surface area contributed by atoms with Gasteiger partial charge in [0.2, 0.25) is 0 Å². The molecule has 0 spiro atoms. The smallest absolute Gasteiger partial charge is 0.268 e. The molecule has 2 atom stereocenters. The first-order chi connectivity index (χ1) is 14.0. The molecule has 1 amide bonds. The Morgan fingerprint density at radius 3 is 2.79 bits per heavy atom. The number of nitrogens with zero attached hydrogens (tertiary/aromatic N) is 2. The second kappa shape index (κ2) is 6.64. The second-order valence-corrected chi connectivity index (χ2v) is 7.89. The zero-order chi connectivity index (χ0) is 20.2. The first kappa shape index (κ1) is 18.3. The van der Waals surface area contributed by atoms with Gasteiger partial charge in [0.15, 0.2) is 5.60 Å². The van der Waals surface area contributed by atoms with Gasteiger partial charge in [-0.15, -0.1) is 0 Å². The second-order valence-electron chi connectivity index (χ2n) is 7.89. The Balaban J connectivity index is 1.62. The van der Waals surface area contributed by atoms with Gasteiger partial charge in [-0.25, -0.2) is 0 Å². The Hall–Kier alpha value is -2.77. The maximum atomic E-state index is 13.5. The number of anilines is 2. The molecular formula is C22H24N2O5. The van der Waals surface area contributed by atoms with Crippen LogP contribution in [-0.2, 0) is 15.1 Å². The average molecular weight is 396 g/mol. The van der Waals surface area contributed by atoms with Crippen molar-refractivity contribution in [2.45, 2.75) is 24.5 Å². The van der Waals surface area contributed by atoms with Crippen LogP contribution < -0.4 is 14.5 Å². The molecule has 0 aliphatic carbocycles. The van der Waals surface area contributed by atoms with Crippen molar-refractivity contribution in [2.75, 3.05) is 43.2 Å². The zero-order valence-electron chi connectivity index (χ0n) is 16.3. The molecular weight excluding hydrogens is 372 g/mol. The summed E-state index contributed by atoms with van der Waals surface area (Å²) >= 11 is 0. The van der Waals surface area contributed by atoms with E-state index in [0.29, 0.717) is 43.3 Å². The molecule has 1 saturated heterocycles. The number of hydrogen-bond donors (Lipinski definition) is 2. The van der Waals surface area contributed by atoms with Crippen molar-refractivity contribution in [2.24, 2.45) is 0 Å². The highest BCUT2D eigenvalue weighted by molar-refractivity contribution is 6.09. The molecule has 1 fully saturated rings. The minimum absolute atomic E-state index is 0.0500.